The highest BCUT2D eigenvalue weighted by Crippen LogP contribution is 2.59. The van der Waals surface area contributed by atoms with E-state index in [2.05, 4.69) is 29.6 Å². The Hall–Kier alpha value is -3.09. The quantitative estimate of drug-likeness (QED) is 0.174. The second kappa shape index (κ2) is 8.85. The summed E-state index contributed by atoms with van der Waals surface area (Å²) in [6, 6.07) is 26.0. The highest BCUT2D eigenvalue weighted by Gasteiger charge is 2.50. The van der Waals surface area contributed by atoms with E-state index < -0.39 is 0 Å². The van der Waals surface area contributed by atoms with Gasteiger partial charge in [0, 0.05) is 22.9 Å². The zero-order valence-electron chi connectivity index (χ0n) is 18.6. The third kappa shape index (κ3) is 3.85. The van der Waals surface area contributed by atoms with Crippen molar-refractivity contribution in [3.63, 3.8) is 0 Å². The molecule has 0 bridgehead atoms. The van der Waals surface area contributed by atoms with Crippen LogP contribution in [0.1, 0.15) is 29.5 Å². The van der Waals surface area contributed by atoms with Crippen molar-refractivity contribution in [2.75, 3.05) is 5.32 Å². The number of thioether (sulfide) groups is 1. The molecule has 1 aliphatic carbocycles. The minimum Gasteiger partial charge on any atom is -0.378 e. The van der Waals surface area contributed by atoms with Gasteiger partial charge in [-0.2, -0.15) is 0 Å². The molecule has 1 aliphatic heterocycles. The normalized spacial score (nSPS) is 25.0. The van der Waals surface area contributed by atoms with Crippen LogP contribution in [0.15, 0.2) is 89.8 Å². The van der Waals surface area contributed by atoms with Crippen LogP contribution in [0.2, 0.25) is 0 Å². The molecule has 5 atom stereocenters. The third-order valence-corrected chi connectivity index (χ3v) is 9.39. The monoisotopic (exact) mass is 504 g/mol. The molecule has 4 aromatic rings. The minimum atomic E-state index is -0.334. The van der Waals surface area contributed by atoms with Crippen LogP contribution >= 0.6 is 23.4 Å². The Morgan fingerprint density at radius 2 is 1.71 bits per heavy atom. The molecule has 0 amide bonds. The lowest BCUT2D eigenvalue weighted by molar-refractivity contribution is -0.387. The molecule has 1 heterocycles. The molecule has 4 aromatic carbocycles. The topological polar surface area (TPSA) is 55.2 Å². The number of benzene rings is 4. The molecule has 1 N–H and O–H groups in total. The largest absolute Gasteiger partial charge is 0.378 e. The molecule has 7 heteroatoms. The number of fused-ring (bicyclic) bond motifs is 5. The standard InChI is InChI=1S/C28H22ClFN2O2S/c29-27-24(35-23-8-4-3-7-22(23)32(33)34)15-20-26(27)25-19-6-2-1-5-16(19)11-14-21(25)31-28(20)17-9-12-18(30)13-10-17/h1-14,20,24,26-28,31H,15H2/t20-,24-,26+,27-,28-/m0/s1. The van der Waals surface area contributed by atoms with Gasteiger partial charge in [-0.15, -0.1) is 23.4 Å². The van der Waals surface area contributed by atoms with Crippen LogP contribution in [0.3, 0.4) is 0 Å². The third-order valence-electron chi connectivity index (χ3n) is 7.28. The number of hydrogen-bond acceptors (Lipinski definition) is 4. The zero-order valence-corrected chi connectivity index (χ0v) is 20.2. The number of anilines is 1. The molecule has 35 heavy (non-hydrogen) atoms. The maximum absolute atomic E-state index is 13.7. The van der Waals surface area contributed by atoms with Gasteiger partial charge in [0.25, 0.3) is 5.69 Å². The average Bonchev–Trinajstić information content (AvgIpc) is 3.20. The zero-order chi connectivity index (χ0) is 24.1. The van der Waals surface area contributed by atoms with E-state index in [4.69, 9.17) is 11.6 Å². The van der Waals surface area contributed by atoms with Crippen LogP contribution in [0.4, 0.5) is 15.8 Å². The van der Waals surface area contributed by atoms with E-state index in [1.54, 1.807) is 18.2 Å². The summed E-state index contributed by atoms with van der Waals surface area (Å²) in [5.74, 6) is -0.0603. The number of rotatable bonds is 4. The Labute approximate surface area is 211 Å². The fraction of sp³-hybridized carbons (Fsp3) is 0.214. The minimum absolute atomic E-state index is 0.0116. The van der Waals surface area contributed by atoms with Crippen molar-refractivity contribution < 1.29 is 9.31 Å². The molecule has 0 aromatic heterocycles. The first-order valence-electron chi connectivity index (χ1n) is 11.6. The second-order valence-electron chi connectivity index (χ2n) is 9.17. The maximum atomic E-state index is 13.7. The number of alkyl halides is 1. The number of halogens is 2. The average molecular weight is 505 g/mol. The van der Waals surface area contributed by atoms with Crippen molar-refractivity contribution in [2.45, 2.75) is 33.9 Å². The van der Waals surface area contributed by atoms with Crippen LogP contribution in [-0.4, -0.2) is 15.6 Å². The van der Waals surface area contributed by atoms with E-state index in [0.717, 1.165) is 23.1 Å². The maximum Gasteiger partial charge on any atom is 0.282 e. The van der Waals surface area contributed by atoms with Gasteiger partial charge in [-0.1, -0.05) is 54.6 Å². The summed E-state index contributed by atoms with van der Waals surface area (Å²) in [6.45, 7) is 0. The molecule has 0 saturated heterocycles. The second-order valence-corrected chi connectivity index (χ2v) is 11.0. The van der Waals surface area contributed by atoms with Gasteiger partial charge in [0.05, 0.1) is 21.2 Å². The van der Waals surface area contributed by atoms with Gasteiger partial charge in [0.15, 0.2) is 0 Å². The molecule has 1 fully saturated rings. The van der Waals surface area contributed by atoms with Crippen LogP contribution in [0, 0.1) is 21.8 Å². The molecule has 0 unspecified atom stereocenters. The SMILES string of the molecule is O=[N+]([O-])c1ccccc1S[C@H]1C[C@H]2[C@H](c3c(ccc4ccccc34)N[C@H]2c2ccc(F)cc2)[C@H]1Cl. The lowest BCUT2D eigenvalue weighted by atomic mass is 9.75. The molecule has 2 aliphatic rings. The highest BCUT2D eigenvalue weighted by atomic mass is 35.5. The first-order valence-corrected chi connectivity index (χ1v) is 12.9. The van der Waals surface area contributed by atoms with E-state index in [9.17, 15) is 14.5 Å². The summed E-state index contributed by atoms with van der Waals surface area (Å²) in [7, 11) is 0. The van der Waals surface area contributed by atoms with Crippen molar-refractivity contribution in [3.05, 3.63) is 112 Å². The number of nitrogens with zero attached hydrogens (tertiary/aromatic N) is 1. The van der Waals surface area contributed by atoms with Crippen LogP contribution in [0.5, 0.6) is 0 Å². The van der Waals surface area contributed by atoms with Crippen molar-refractivity contribution in [3.8, 4) is 0 Å². The summed E-state index contributed by atoms with van der Waals surface area (Å²) >= 11 is 8.76. The van der Waals surface area contributed by atoms with Gasteiger partial charge in [-0.05, 0) is 58.5 Å². The highest BCUT2D eigenvalue weighted by molar-refractivity contribution is 8.00. The fourth-order valence-electron chi connectivity index (χ4n) is 5.77. The van der Waals surface area contributed by atoms with Gasteiger partial charge in [0.2, 0.25) is 0 Å². The van der Waals surface area contributed by atoms with Crippen LogP contribution in [0.25, 0.3) is 10.8 Å². The van der Waals surface area contributed by atoms with Gasteiger partial charge in [0.1, 0.15) is 5.82 Å². The number of nitrogens with one attached hydrogen (secondary N) is 1. The summed E-state index contributed by atoms with van der Waals surface area (Å²) < 4.78 is 13.7. The molecular formula is C28H22ClFN2O2S. The van der Waals surface area contributed by atoms with Crippen molar-refractivity contribution in [2.24, 2.45) is 5.92 Å². The predicted octanol–water partition coefficient (Wildman–Crippen LogP) is 7.93. The number of hydrogen-bond donors (Lipinski definition) is 1. The molecule has 0 radical (unpaired) electrons. The Balaban J connectivity index is 1.45. The van der Waals surface area contributed by atoms with E-state index in [0.29, 0.717) is 4.90 Å². The van der Waals surface area contributed by atoms with Crippen LogP contribution in [-0.2, 0) is 0 Å². The van der Waals surface area contributed by atoms with Gasteiger partial charge in [-0.25, -0.2) is 4.39 Å². The lowest BCUT2D eigenvalue weighted by Crippen LogP contribution is -2.31. The Morgan fingerprint density at radius 1 is 0.971 bits per heavy atom. The Bertz CT molecular complexity index is 1430. The van der Waals surface area contributed by atoms with Gasteiger partial charge in [-0.3, -0.25) is 10.1 Å². The smallest absolute Gasteiger partial charge is 0.282 e. The molecule has 0 spiro atoms. The number of nitro groups is 1. The first kappa shape index (κ1) is 22.4. The molecule has 4 nitrogen and oxygen atoms in total. The van der Waals surface area contributed by atoms with E-state index in [1.165, 1.54) is 34.8 Å². The summed E-state index contributed by atoms with van der Waals surface area (Å²) in [5, 5.41) is 17.5. The van der Waals surface area contributed by atoms with Crippen molar-refractivity contribution in [1.29, 1.82) is 0 Å². The summed E-state index contributed by atoms with van der Waals surface area (Å²) in [4.78, 5) is 11.9. The lowest BCUT2D eigenvalue weighted by Gasteiger charge is -2.39. The Kier molecular flexibility index (Phi) is 5.66. The molecular weight excluding hydrogens is 483 g/mol. The van der Waals surface area contributed by atoms with E-state index in [1.807, 2.05) is 30.3 Å². The number of nitro benzene ring substituents is 1. The van der Waals surface area contributed by atoms with Crippen molar-refractivity contribution >= 4 is 45.5 Å². The molecule has 176 valence electrons. The first-order chi connectivity index (χ1) is 17.0. The van der Waals surface area contributed by atoms with Crippen molar-refractivity contribution in [1.82, 2.24) is 0 Å². The van der Waals surface area contributed by atoms with E-state index >= 15 is 0 Å². The fourth-order valence-corrected chi connectivity index (χ4v) is 7.70. The predicted molar refractivity (Wildman–Crippen MR) is 140 cm³/mol. The molecule has 6 rings (SSSR count). The molecule has 1 saturated carbocycles. The summed E-state index contributed by atoms with van der Waals surface area (Å²) in [6.07, 6.45) is 0.785. The van der Waals surface area contributed by atoms with Crippen LogP contribution < -0.4 is 5.32 Å². The number of para-hydroxylation sites is 1. The van der Waals surface area contributed by atoms with Gasteiger partial charge >= 0.3 is 0 Å². The Morgan fingerprint density at radius 3 is 2.51 bits per heavy atom. The van der Waals surface area contributed by atoms with Gasteiger partial charge < -0.3 is 5.32 Å². The summed E-state index contributed by atoms with van der Waals surface area (Å²) in [5.41, 5.74) is 3.37. The van der Waals surface area contributed by atoms with E-state index in [-0.39, 0.29) is 44.9 Å².